The number of halogens is 1. The van der Waals surface area contributed by atoms with Gasteiger partial charge in [-0.25, -0.2) is 4.79 Å². The van der Waals surface area contributed by atoms with Crippen LogP contribution in [0.15, 0.2) is 53.0 Å². The number of rotatable bonds is 5. The van der Waals surface area contributed by atoms with Crippen LogP contribution in [-0.4, -0.2) is 34.6 Å². The Kier molecular flexibility index (Phi) is 5.45. The zero-order chi connectivity index (χ0) is 17.9. The number of nitrogens with one attached hydrogen (secondary N) is 1. The van der Waals surface area contributed by atoms with Gasteiger partial charge in [-0.15, -0.1) is 0 Å². The fraction of sp³-hybridized carbons (Fsp3) is 0.350. The fourth-order valence-corrected chi connectivity index (χ4v) is 3.65. The first-order valence-electron chi connectivity index (χ1n) is 8.52. The molecule has 0 saturated carbocycles. The van der Waals surface area contributed by atoms with Crippen molar-refractivity contribution in [2.75, 3.05) is 18.4 Å². The lowest BCUT2D eigenvalue weighted by molar-refractivity contribution is -0.144. The van der Waals surface area contributed by atoms with E-state index in [1.807, 2.05) is 43.3 Å². The van der Waals surface area contributed by atoms with Crippen molar-refractivity contribution in [3.05, 3.63) is 64.1 Å². The van der Waals surface area contributed by atoms with Crippen LogP contribution in [0.25, 0.3) is 0 Å². The maximum atomic E-state index is 12.0. The van der Waals surface area contributed by atoms with Gasteiger partial charge in [0.05, 0.1) is 0 Å². The Hall–Kier alpha value is -1.85. The van der Waals surface area contributed by atoms with Gasteiger partial charge in [0.25, 0.3) is 0 Å². The molecule has 4 nitrogen and oxygen atoms in total. The number of carbonyl (C=O) groups is 1. The maximum absolute atomic E-state index is 12.0. The van der Waals surface area contributed by atoms with Gasteiger partial charge in [0.15, 0.2) is 0 Å². The number of likely N-dealkylation sites (tertiary alicyclic amines) is 1. The van der Waals surface area contributed by atoms with Crippen molar-refractivity contribution in [2.45, 2.75) is 31.8 Å². The molecule has 132 valence electrons. The fourth-order valence-electron chi connectivity index (χ4n) is 3.27. The summed E-state index contributed by atoms with van der Waals surface area (Å²) in [6.07, 6.45) is 1.17. The van der Waals surface area contributed by atoms with Gasteiger partial charge in [-0.3, -0.25) is 4.90 Å². The van der Waals surface area contributed by atoms with Gasteiger partial charge >= 0.3 is 5.97 Å². The summed E-state index contributed by atoms with van der Waals surface area (Å²) in [5.74, 6) is -0.774. The number of piperidine rings is 1. The second-order valence-corrected chi connectivity index (χ2v) is 7.59. The van der Waals surface area contributed by atoms with Crippen LogP contribution >= 0.6 is 15.9 Å². The monoisotopic (exact) mass is 402 g/mol. The summed E-state index contributed by atoms with van der Waals surface area (Å²) < 4.78 is 0.986. The highest BCUT2D eigenvalue weighted by Gasteiger charge is 2.41. The quantitative estimate of drug-likeness (QED) is 0.782. The van der Waals surface area contributed by atoms with Crippen molar-refractivity contribution in [1.29, 1.82) is 0 Å². The molecule has 0 amide bonds. The molecule has 1 fully saturated rings. The molecule has 0 unspecified atom stereocenters. The minimum Gasteiger partial charge on any atom is -0.480 e. The van der Waals surface area contributed by atoms with Crippen LogP contribution in [0.5, 0.6) is 0 Å². The first kappa shape index (κ1) is 18.0. The van der Waals surface area contributed by atoms with Gasteiger partial charge in [0.1, 0.15) is 5.54 Å². The lowest BCUT2D eigenvalue weighted by atomic mass is 9.87. The molecule has 0 atom stereocenters. The first-order chi connectivity index (χ1) is 12.0. The highest BCUT2D eigenvalue weighted by molar-refractivity contribution is 9.10. The first-order valence-corrected chi connectivity index (χ1v) is 9.32. The SMILES string of the molecule is Cc1ccc(NC2(C(=O)O)CCN(Cc3ccccc3)CC2)cc1Br. The van der Waals surface area contributed by atoms with Gasteiger partial charge in [0.2, 0.25) is 0 Å². The van der Waals surface area contributed by atoms with Crippen LogP contribution in [0.4, 0.5) is 5.69 Å². The molecule has 5 heteroatoms. The Bertz CT molecular complexity index is 741. The Morgan fingerprint density at radius 1 is 1.20 bits per heavy atom. The number of carboxylic acid groups (broad SMARTS) is 1. The third kappa shape index (κ3) is 4.22. The third-order valence-electron chi connectivity index (χ3n) is 4.92. The van der Waals surface area contributed by atoms with E-state index in [0.29, 0.717) is 12.8 Å². The number of benzene rings is 2. The summed E-state index contributed by atoms with van der Waals surface area (Å²) >= 11 is 3.52. The molecule has 1 heterocycles. The van der Waals surface area contributed by atoms with Crippen molar-refractivity contribution in [1.82, 2.24) is 4.90 Å². The summed E-state index contributed by atoms with van der Waals surface area (Å²) in [6.45, 7) is 4.41. The summed E-state index contributed by atoms with van der Waals surface area (Å²) in [5, 5.41) is 13.1. The molecule has 1 aliphatic heterocycles. The second kappa shape index (κ2) is 7.58. The Morgan fingerprint density at radius 2 is 1.88 bits per heavy atom. The Balaban J connectivity index is 1.68. The number of hydrogen-bond donors (Lipinski definition) is 2. The van der Waals surface area contributed by atoms with E-state index in [-0.39, 0.29) is 0 Å². The van der Waals surface area contributed by atoms with Crippen LogP contribution in [0.2, 0.25) is 0 Å². The largest absolute Gasteiger partial charge is 0.480 e. The number of aryl methyl sites for hydroxylation is 1. The molecule has 1 saturated heterocycles. The standard InChI is InChI=1S/C20H23BrN2O2/c1-15-7-8-17(13-18(15)21)22-20(19(24)25)9-11-23(12-10-20)14-16-5-3-2-4-6-16/h2-8,13,22H,9-12,14H2,1H3,(H,24,25). The van der Waals surface area contributed by atoms with Crippen molar-refractivity contribution >= 4 is 27.6 Å². The Labute approximate surface area is 157 Å². The second-order valence-electron chi connectivity index (χ2n) is 6.74. The lowest BCUT2D eigenvalue weighted by Crippen LogP contribution is -2.54. The molecule has 2 aromatic carbocycles. The van der Waals surface area contributed by atoms with Crippen molar-refractivity contribution in [3.8, 4) is 0 Å². The minimum atomic E-state index is -0.901. The number of carboxylic acids is 1. The number of aliphatic carboxylic acids is 1. The molecule has 3 rings (SSSR count). The van der Waals surface area contributed by atoms with Gasteiger partial charge in [0, 0.05) is 29.8 Å². The zero-order valence-electron chi connectivity index (χ0n) is 14.3. The predicted octanol–water partition coefficient (Wildman–Crippen LogP) is 4.29. The average Bonchev–Trinajstić information content (AvgIpc) is 2.61. The maximum Gasteiger partial charge on any atom is 0.329 e. The predicted molar refractivity (Wildman–Crippen MR) is 104 cm³/mol. The third-order valence-corrected chi connectivity index (χ3v) is 5.78. The topological polar surface area (TPSA) is 52.6 Å². The van der Waals surface area contributed by atoms with Gasteiger partial charge in [-0.2, -0.15) is 0 Å². The molecule has 2 aromatic rings. The molecule has 25 heavy (non-hydrogen) atoms. The van der Waals surface area contributed by atoms with Crippen molar-refractivity contribution in [2.24, 2.45) is 0 Å². The van der Waals surface area contributed by atoms with Crippen molar-refractivity contribution in [3.63, 3.8) is 0 Å². The van der Waals surface area contributed by atoms with E-state index in [9.17, 15) is 9.90 Å². The zero-order valence-corrected chi connectivity index (χ0v) is 15.9. The summed E-state index contributed by atoms with van der Waals surface area (Å²) in [7, 11) is 0. The van der Waals surface area contributed by atoms with E-state index in [2.05, 4.69) is 38.3 Å². The molecule has 0 bridgehead atoms. The summed E-state index contributed by atoms with van der Waals surface area (Å²) in [6, 6.07) is 16.2. The molecular weight excluding hydrogens is 380 g/mol. The van der Waals surface area contributed by atoms with Crippen LogP contribution in [0.1, 0.15) is 24.0 Å². The minimum absolute atomic E-state index is 0.584. The molecule has 0 spiro atoms. The van der Waals surface area contributed by atoms with E-state index in [1.54, 1.807) is 0 Å². The number of nitrogens with zero attached hydrogens (tertiary/aromatic N) is 1. The highest BCUT2D eigenvalue weighted by Crippen LogP contribution is 2.30. The number of anilines is 1. The summed E-state index contributed by atoms with van der Waals surface area (Å²) in [5.41, 5.74) is 2.34. The molecule has 0 aromatic heterocycles. The van der Waals surface area contributed by atoms with Crippen LogP contribution in [0.3, 0.4) is 0 Å². The molecule has 0 aliphatic carbocycles. The van der Waals surface area contributed by atoms with Crippen molar-refractivity contribution < 1.29 is 9.90 Å². The van der Waals surface area contributed by atoms with Gasteiger partial charge in [-0.1, -0.05) is 52.3 Å². The average molecular weight is 403 g/mol. The smallest absolute Gasteiger partial charge is 0.329 e. The van der Waals surface area contributed by atoms with E-state index >= 15 is 0 Å². The Morgan fingerprint density at radius 3 is 2.48 bits per heavy atom. The summed E-state index contributed by atoms with van der Waals surface area (Å²) in [4.78, 5) is 14.3. The van der Waals surface area contributed by atoms with E-state index in [0.717, 1.165) is 35.4 Å². The molecule has 0 radical (unpaired) electrons. The van der Waals surface area contributed by atoms with Gasteiger partial charge in [-0.05, 0) is 43.0 Å². The van der Waals surface area contributed by atoms with Crippen LogP contribution in [0, 0.1) is 6.92 Å². The highest BCUT2D eigenvalue weighted by atomic mass is 79.9. The van der Waals surface area contributed by atoms with Gasteiger partial charge < -0.3 is 10.4 Å². The van der Waals surface area contributed by atoms with E-state index in [4.69, 9.17) is 0 Å². The lowest BCUT2D eigenvalue weighted by Gasteiger charge is -2.40. The van der Waals surface area contributed by atoms with E-state index < -0.39 is 11.5 Å². The molecule has 1 aliphatic rings. The van der Waals surface area contributed by atoms with E-state index in [1.165, 1.54) is 5.56 Å². The van der Waals surface area contributed by atoms with Crippen LogP contribution < -0.4 is 5.32 Å². The molecular formula is C20H23BrN2O2. The molecule has 2 N–H and O–H groups in total. The van der Waals surface area contributed by atoms with Crippen LogP contribution in [-0.2, 0) is 11.3 Å². The normalized spacial score (nSPS) is 17.2. The number of hydrogen-bond acceptors (Lipinski definition) is 3.